The summed E-state index contributed by atoms with van der Waals surface area (Å²) in [6, 6.07) is 10.3. The summed E-state index contributed by atoms with van der Waals surface area (Å²) in [5.41, 5.74) is 0.919. The molecule has 3 aliphatic heterocycles. The fourth-order valence-electron chi connectivity index (χ4n) is 3.95. The first-order valence-corrected chi connectivity index (χ1v) is 10.9. The van der Waals surface area contributed by atoms with Crippen LogP contribution < -0.4 is 18.9 Å². The summed E-state index contributed by atoms with van der Waals surface area (Å²) in [6.07, 6.45) is 1.58. The number of hydrogen-bond donors (Lipinski definition) is 0. The van der Waals surface area contributed by atoms with Crippen LogP contribution in [0, 0.1) is 0 Å². The van der Waals surface area contributed by atoms with Crippen LogP contribution >= 0.6 is 0 Å². The van der Waals surface area contributed by atoms with Crippen LogP contribution in [0.1, 0.15) is 24.4 Å². The Balaban J connectivity index is 1.47. The second kappa shape index (κ2) is 6.86. The molecular formula is C20H21NO6S. The van der Waals surface area contributed by atoms with E-state index in [9.17, 15) is 8.42 Å². The van der Waals surface area contributed by atoms with Gasteiger partial charge < -0.3 is 18.9 Å². The first-order valence-electron chi connectivity index (χ1n) is 9.44. The summed E-state index contributed by atoms with van der Waals surface area (Å²) in [5.74, 6) is 2.43. The lowest BCUT2D eigenvalue weighted by atomic mass is 10.0. The van der Waals surface area contributed by atoms with E-state index in [1.165, 1.54) is 0 Å². The van der Waals surface area contributed by atoms with Gasteiger partial charge in [-0.15, -0.1) is 0 Å². The molecule has 0 saturated carbocycles. The van der Waals surface area contributed by atoms with E-state index in [0.29, 0.717) is 56.0 Å². The Morgan fingerprint density at radius 2 is 1.39 bits per heavy atom. The summed E-state index contributed by atoms with van der Waals surface area (Å²) in [5, 5.41) is 0. The summed E-state index contributed by atoms with van der Waals surface area (Å²) in [7, 11) is -3.67. The number of rotatable bonds is 3. The Hall–Kier alpha value is -2.45. The van der Waals surface area contributed by atoms with Crippen molar-refractivity contribution in [1.29, 1.82) is 0 Å². The van der Waals surface area contributed by atoms with Gasteiger partial charge in [-0.2, -0.15) is 4.31 Å². The number of hydrogen-bond acceptors (Lipinski definition) is 6. The molecule has 1 saturated heterocycles. The van der Waals surface area contributed by atoms with Crippen molar-refractivity contribution in [1.82, 2.24) is 4.31 Å². The molecule has 1 atom stereocenters. The van der Waals surface area contributed by atoms with Gasteiger partial charge in [0.2, 0.25) is 10.0 Å². The highest BCUT2D eigenvalue weighted by Crippen LogP contribution is 2.41. The Kier molecular flexibility index (Phi) is 4.32. The maximum absolute atomic E-state index is 13.4. The number of fused-ring (bicyclic) bond motifs is 2. The molecule has 0 radical (unpaired) electrons. The van der Waals surface area contributed by atoms with Gasteiger partial charge in [0.15, 0.2) is 23.0 Å². The fraction of sp³-hybridized carbons (Fsp3) is 0.400. The Morgan fingerprint density at radius 3 is 2.11 bits per heavy atom. The van der Waals surface area contributed by atoms with Gasteiger partial charge in [-0.05, 0) is 42.7 Å². The molecule has 0 N–H and O–H groups in total. The first-order chi connectivity index (χ1) is 13.6. The van der Waals surface area contributed by atoms with E-state index in [0.717, 1.165) is 18.4 Å². The van der Waals surface area contributed by atoms with Gasteiger partial charge in [0, 0.05) is 12.6 Å². The van der Waals surface area contributed by atoms with E-state index in [1.807, 2.05) is 18.2 Å². The summed E-state index contributed by atoms with van der Waals surface area (Å²) >= 11 is 0. The van der Waals surface area contributed by atoms with Gasteiger partial charge >= 0.3 is 0 Å². The van der Waals surface area contributed by atoms with E-state index in [-0.39, 0.29) is 10.9 Å². The normalized spacial score (nSPS) is 21.5. The van der Waals surface area contributed by atoms with Crippen molar-refractivity contribution in [3.05, 3.63) is 42.0 Å². The van der Waals surface area contributed by atoms with Crippen molar-refractivity contribution < 1.29 is 27.4 Å². The average molecular weight is 403 g/mol. The molecular weight excluding hydrogens is 382 g/mol. The molecule has 2 aromatic carbocycles. The van der Waals surface area contributed by atoms with Crippen LogP contribution in [0.4, 0.5) is 0 Å². The average Bonchev–Trinajstić information content (AvgIpc) is 3.24. The highest BCUT2D eigenvalue weighted by Gasteiger charge is 2.37. The summed E-state index contributed by atoms with van der Waals surface area (Å²) in [6.45, 7) is 2.40. The van der Waals surface area contributed by atoms with E-state index in [2.05, 4.69) is 0 Å². The molecule has 7 nitrogen and oxygen atoms in total. The standard InChI is InChI=1S/C20H21NO6S/c22-28(23,15-4-6-18-20(13-15)27-11-9-25-18)21-7-1-2-16(21)14-3-5-17-19(12-14)26-10-8-24-17/h3-6,12-13,16H,1-2,7-11H2/t16-/m0/s1. The van der Waals surface area contributed by atoms with E-state index < -0.39 is 10.0 Å². The lowest BCUT2D eigenvalue weighted by Crippen LogP contribution is -2.31. The van der Waals surface area contributed by atoms with Crippen LogP contribution in [0.2, 0.25) is 0 Å². The number of benzene rings is 2. The van der Waals surface area contributed by atoms with E-state index in [1.54, 1.807) is 22.5 Å². The molecule has 0 aromatic heterocycles. The van der Waals surface area contributed by atoms with Crippen molar-refractivity contribution in [2.24, 2.45) is 0 Å². The highest BCUT2D eigenvalue weighted by atomic mass is 32.2. The maximum atomic E-state index is 13.4. The Labute approximate surface area is 163 Å². The molecule has 5 rings (SSSR count). The Morgan fingerprint density at radius 1 is 0.786 bits per heavy atom. The molecule has 3 heterocycles. The lowest BCUT2D eigenvalue weighted by molar-refractivity contribution is 0.171. The van der Waals surface area contributed by atoms with Crippen LogP contribution in [-0.4, -0.2) is 45.7 Å². The predicted molar refractivity (Wildman–Crippen MR) is 101 cm³/mol. The summed E-state index contributed by atoms with van der Waals surface area (Å²) in [4.78, 5) is 0.223. The third-order valence-electron chi connectivity index (χ3n) is 5.27. The SMILES string of the molecule is O=S(=O)(c1ccc2c(c1)OCCO2)N1CCC[C@H]1c1ccc2c(c1)OCCO2. The van der Waals surface area contributed by atoms with Crippen molar-refractivity contribution in [2.75, 3.05) is 33.0 Å². The third-order valence-corrected chi connectivity index (χ3v) is 7.18. The smallest absolute Gasteiger partial charge is 0.243 e. The quantitative estimate of drug-likeness (QED) is 0.785. The largest absolute Gasteiger partial charge is 0.486 e. The second-order valence-corrected chi connectivity index (χ2v) is 8.87. The van der Waals surface area contributed by atoms with Gasteiger partial charge in [0.1, 0.15) is 26.4 Å². The van der Waals surface area contributed by atoms with Gasteiger partial charge in [0.05, 0.1) is 10.9 Å². The summed E-state index contributed by atoms with van der Waals surface area (Å²) < 4.78 is 50.6. The van der Waals surface area contributed by atoms with Crippen LogP contribution in [0.25, 0.3) is 0 Å². The molecule has 0 spiro atoms. The minimum atomic E-state index is -3.67. The maximum Gasteiger partial charge on any atom is 0.243 e. The lowest BCUT2D eigenvalue weighted by Gasteiger charge is -2.27. The highest BCUT2D eigenvalue weighted by molar-refractivity contribution is 7.89. The molecule has 148 valence electrons. The first kappa shape index (κ1) is 17.6. The number of nitrogens with zero attached hydrogens (tertiary/aromatic N) is 1. The molecule has 2 aromatic rings. The molecule has 0 amide bonds. The topological polar surface area (TPSA) is 74.3 Å². The molecule has 8 heteroatoms. The van der Waals surface area contributed by atoms with Crippen molar-refractivity contribution in [2.45, 2.75) is 23.8 Å². The third kappa shape index (κ3) is 2.97. The molecule has 1 fully saturated rings. The van der Waals surface area contributed by atoms with Crippen LogP contribution in [0.15, 0.2) is 41.3 Å². The number of sulfonamides is 1. The minimum Gasteiger partial charge on any atom is -0.486 e. The zero-order chi connectivity index (χ0) is 19.1. The zero-order valence-electron chi connectivity index (χ0n) is 15.3. The monoisotopic (exact) mass is 403 g/mol. The Bertz CT molecular complexity index is 1010. The minimum absolute atomic E-state index is 0.223. The van der Waals surface area contributed by atoms with Gasteiger partial charge in [-0.25, -0.2) is 8.42 Å². The molecule has 0 aliphatic carbocycles. The van der Waals surface area contributed by atoms with Crippen molar-refractivity contribution in [3.8, 4) is 23.0 Å². The van der Waals surface area contributed by atoms with Crippen LogP contribution in [-0.2, 0) is 10.0 Å². The van der Waals surface area contributed by atoms with Gasteiger partial charge in [-0.3, -0.25) is 0 Å². The van der Waals surface area contributed by atoms with Crippen molar-refractivity contribution >= 4 is 10.0 Å². The van der Waals surface area contributed by atoms with E-state index >= 15 is 0 Å². The second-order valence-electron chi connectivity index (χ2n) is 6.98. The fourth-order valence-corrected chi connectivity index (χ4v) is 5.65. The van der Waals surface area contributed by atoms with Crippen LogP contribution in [0.5, 0.6) is 23.0 Å². The van der Waals surface area contributed by atoms with Crippen molar-refractivity contribution in [3.63, 3.8) is 0 Å². The van der Waals surface area contributed by atoms with Gasteiger partial charge in [0.25, 0.3) is 0 Å². The molecule has 0 unspecified atom stereocenters. The zero-order valence-corrected chi connectivity index (χ0v) is 16.1. The predicted octanol–water partition coefficient (Wildman–Crippen LogP) is 2.75. The molecule has 28 heavy (non-hydrogen) atoms. The van der Waals surface area contributed by atoms with E-state index in [4.69, 9.17) is 18.9 Å². The molecule has 3 aliphatic rings. The number of ether oxygens (including phenoxy) is 4. The molecule has 0 bridgehead atoms. The van der Waals surface area contributed by atoms with Crippen LogP contribution in [0.3, 0.4) is 0 Å². The van der Waals surface area contributed by atoms with Gasteiger partial charge in [-0.1, -0.05) is 6.07 Å².